The minimum atomic E-state index is -0.639. The van der Waals surface area contributed by atoms with Crippen LogP contribution in [0, 0.1) is 5.82 Å². The summed E-state index contributed by atoms with van der Waals surface area (Å²) in [5.41, 5.74) is 3.30. The number of carbonyl (C=O) groups excluding carboxylic acids is 2. The van der Waals surface area contributed by atoms with E-state index in [1.165, 1.54) is 29.8 Å². The quantitative estimate of drug-likeness (QED) is 0.462. The monoisotopic (exact) mass is 396 g/mol. The van der Waals surface area contributed by atoms with Crippen molar-refractivity contribution < 1.29 is 23.9 Å². The second-order valence-corrected chi connectivity index (χ2v) is 7.54. The van der Waals surface area contributed by atoms with Gasteiger partial charge in [0, 0.05) is 25.7 Å². The number of rotatable bonds is 5. The summed E-state index contributed by atoms with van der Waals surface area (Å²) in [6.45, 7) is 2.18. The minimum Gasteiger partial charge on any atom is -0.483 e. The van der Waals surface area contributed by atoms with Gasteiger partial charge in [-0.25, -0.2) is 9.87 Å². The molecule has 2 heterocycles. The maximum atomic E-state index is 13.0. The van der Waals surface area contributed by atoms with Crippen molar-refractivity contribution in [1.82, 2.24) is 10.4 Å². The van der Waals surface area contributed by atoms with E-state index in [9.17, 15) is 14.0 Å². The summed E-state index contributed by atoms with van der Waals surface area (Å²) < 4.78 is 19.2. The zero-order chi connectivity index (χ0) is 20.4. The number of carbonyl (C=O) groups is 2. The van der Waals surface area contributed by atoms with Gasteiger partial charge in [0.05, 0.1) is 12.0 Å². The van der Waals surface area contributed by atoms with Crippen molar-refractivity contribution in [3.05, 3.63) is 71.0 Å². The number of hydrogen-bond acceptors (Lipinski definition) is 5. The molecule has 2 aliphatic rings. The van der Waals surface area contributed by atoms with Gasteiger partial charge in [-0.1, -0.05) is 18.2 Å². The van der Waals surface area contributed by atoms with Gasteiger partial charge < -0.3 is 4.74 Å². The third kappa shape index (κ3) is 4.21. The second kappa shape index (κ2) is 7.77. The van der Waals surface area contributed by atoms with Gasteiger partial charge in [-0.2, -0.15) is 0 Å². The van der Waals surface area contributed by atoms with Crippen LogP contribution in [0.5, 0.6) is 5.75 Å². The Labute approximate surface area is 167 Å². The van der Waals surface area contributed by atoms with E-state index in [0.717, 1.165) is 18.5 Å². The predicted octanol–water partition coefficient (Wildman–Crippen LogP) is 2.61. The Balaban J connectivity index is 1.37. The molecule has 0 saturated carbocycles. The Morgan fingerprint density at radius 3 is 2.72 bits per heavy atom. The van der Waals surface area contributed by atoms with Crippen LogP contribution >= 0.6 is 0 Å². The summed E-state index contributed by atoms with van der Waals surface area (Å²) in [5, 5.41) is 8.53. The van der Waals surface area contributed by atoms with Crippen molar-refractivity contribution in [3.63, 3.8) is 0 Å². The third-order valence-electron chi connectivity index (χ3n) is 5.30. The van der Waals surface area contributed by atoms with Crippen molar-refractivity contribution in [3.8, 4) is 5.75 Å². The van der Waals surface area contributed by atoms with Gasteiger partial charge in [0.2, 0.25) is 0 Å². The minimum absolute atomic E-state index is 0.0197. The number of hydroxylamine groups is 1. The first-order valence-electron chi connectivity index (χ1n) is 9.42. The van der Waals surface area contributed by atoms with E-state index >= 15 is 0 Å². The molecule has 150 valence electrons. The lowest BCUT2D eigenvalue weighted by molar-refractivity contribution is -0.124. The van der Waals surface area contributed by atoms with Gasteiger partial charge in [0.25, 0.3) is 5.91 Å². The summed E-state index contributed by atoms with van der Waals surface area (Å²) in [4.78, 5) is 26.0. The van der Waals surface area contributed by atoms with Crippen LogP contribution in [0.1, 0.15) is 27.9 Å². The second-order valence-electron chi connectivity index (χ2n) is 7.54. The highest BCUT2D eigenvalue weighted by atomic mass is 19.1. The molecular weight excluding hydrogens is 375 g/mol. The summed E-state index contributed by atoms with van der Waals surface area (Å²) in [6.07, 6.45) is 3.83. The van der Waals surface area contributed by atoms with Gasteiger partial charge in [0.1, 0.15) is 17.2 Å². The maximum absolute atomic E-state index is 13.0. The molecule has 29 heavy (non-hydrogen) atoms. The number of amides is 1. The Morgan fingerprint density at radius 2 is 2.00 bits per heavy atom. The van der Waals surface area contributed by atoms with Crippen LogP contribution < -0.4 is 10.2 Å². The van der Waals surface area contributed by atoms with Crippen LogP contribution in [-0.2, 0) is 11.2 Å². The smallest absolute Gasteiger partial charge is 0.267 e. The summed E-state index contributed by atoms with van der Waals surface area (Å²) in [5.74, 6) is -0.298. The van der Waals surface area contributed by atoms with E-state index in [1.807, 2.05) is 0 Å². The average Bonchev–Trinajstić information content (AvgIpc) is 2.70. The van der Waals surface area contributed by atoms with Gasteiger partial charge in [-0.05, 0) is 47.9 Å². The van der Waals surface area contributed by atoms with Crippen molar-refractivity contribution in [2.75, 3.05) is 19.6 Å². The van der Waals surface area contributed by atoms with E-state index < -0.39 is 11.5 Å². The number of Topliss-reactive ketones (excluding diaryl/α,β-unsaturated/α-hetero) is 1. The molecular formula is C22H21FN2O4. The standard InChI is InChI=1S/C22H21FN2O4/c23-17-5-1-15(2-6-17)9-10-25-13-22(14-25)12-19(26)18-11-16(3-7-20(18)29-22)4-8-21(27)24-28/h1-8,11,28H,9-10,12-14H2,(H,24,27). The molecule has 0 unspecified atom stereocenters. The number of ketones is 1. The van der Waals surface area contributed by atoms with Gasteiger partial charge in [0.15, 0.2) is 5.78 Å². The number of benzene rings is 2. The number of halogens is 1. The van der Waals surface area contributed by atoms with Crippen LogP contribution in [0.15, 0.2) is 48.5 Å². The molecule has 1 saturated heterocycles. The number of nitrogens with zero attached hydrogens (tertiary/aromatic N) is 1. The van der Waals surface area contributed by atoms with E-state index in [-0.39, 0.29) is 11.6 Å². The molecule has 0 aromatic heterocycles. The molecule has 0 radical (unpaired) electrons. The number of hydrogen-bond donors (Lipinski definition) is 2. The summed E-state index contributed by atoms with van der Waals surface area (Å²) in [7, 11) is 0. The largest absolute Gasteiger partial charge is 0.483 e. The first-order valence-corrected chi connectivity index (χ1v) is 9.42. The SMILES string of the molecule is O=C(C=Cc1ccc2c(c1)C(=O)CC1(CN(CCc3ccc(F)cc3)C1)O2)NO. The Morgan fingerprint density at radius 1 is 1.24 bits per heavy atom. The summed E-state index contributed by atoms with van der Waals surface area (Å²) >= 11 is 0. The third-order valence-corrected chi connectivity index (χ3v) is 5.30. The number of nitrogens with one attached hydrogen (secondary N) is 1. The van der Waals surface area contributed by atoms with Crippen molar-refractivity contribution in [2.24, 2.45) is 0 Å². The van der Waals surface area contributed by atoms with Crippen LogP contribution in [0.25, 0.3) is 6.08 Å². The number of fused-ring (bicyclic) bond motifs is 1. The molecule has 0 aliphatic carbocycles. The highest BCUT2D eigenvalue weighted by Gasteiger charge is 2.49. The molecule has 2 N–H and O–H groups in total. The topological polar surface area (TPSA) is 78.9 Å². The zero-order valence-electron chi connectivity index (χ0n) is 15.7. The Hall–Kier alpha value is -3.03. The fourth-order valence-electron chi connectivity index (χ4n) is 3.87. The van der Waals surface area contributed by atoms with Gasteiger partial charge in [-0.15, -0.1) is 0 Å². The molecule has 0 bridgehead atoms. The first-order chi connectivity index (χ1) is 14.0. The Bertz CT molecular complexity index is 965. The van der Waals surface area contributed by atoms with E-state index in [1.54, 1.807) is 30.3 Å². The molecule has 0 atom stereocenters. The summed E-state index contributed by atoms with van der Waals surface area (Å²) in [6, 6.07) is 11.7. The Kier molecular flexibility index (Phi) is 5.17. The highest BCUT2D eigenvalue weighted by Crippen LogP contribution is 2.39. The lowest BCUT2D eigenvalue weighted by Crippen LogP contribution is -2.67. The zero-order valence-corrected chi connectivity index (χ0v) is 15.7. The van der Waals surface area contributed by atoms with Gasteiger partial charge in [-0.3, -0.25) is 19.7 Å². The lowest BCUT2D eigenvalue weighted by Gasteiger charge is -2.51. The van der Waals surface area contributed by atoms with Crippen LogP contribution in [0.2, 0.25) is 0 Å². The van der Waals surface area contributed by atoms with Crippen molar-refractivity contribution >= 4 is 17.8 Å². The molecule has 4 rings (SSSR count). The van der Waals surface area contributed by atoms with Crippen molar-refractivity contribution in [1.29, 1.82) is 0 Å². The molecule has 2 aromatic rings. The first kappa shape index (κ1) is 19.3. The number of ether oxygens (including phenoxy) is 1. The van der Waals surface area contributed by atoms with Crippen molar-refractivity contribution in [2.45, 2.75) is 18.4 Å². The van der Waals surface area contributed by atoms with E-state index in [4.69, 9.17) is 9.94 Å². The number of likely N-dealkylation sites (tertiary alicyclic amines) is 1. The molecule has 1 amide bonds. The fourth-order valence-corrected chi connectivity index (χ4v) is 3.87. The van der Waals surface area contributed by atoms with Gasteiger partial charge >= 0.3 is 0 Å². The lowest BCUT2D eigenvalue weighted by atomic mass is 9.83. The molecule has 6 nitrogen and oxygen atoms in total. The highest BCUT2D eigenvalue weighted by molar-refractivity contribution is 6.01. The van der Waals surface area contributed by atoms with Crippen LogP contribution in [0.3, 0.4) is 0 Å². The fraction of sp³-hybridized carbons (Fsp3) is 0.273. The maximum Gasteiger partial charge on any atom is 0.267 e. The predicted molar refractivity (Wildman–Crippen MR) is 104 cm³/mol. The average molecular weight is 396 g/mol. The van der Waals surface area contributed by atoms with Crippen LogP contribution in [0.4, 0.5) is 4.39 Å². The van der Waals surface area contributed by atoms with E-state index in [2.05, 4.69) is 4.90 Å². The normalized spacial score (nSPS) is 17.7. The molecule has 1 spiro atoms. The molecule has 7 heteroatoms. The molecule has 2 aliphatic heterocycles. The molecule has 2 aromatic carbocycles. The molecule has 1 fully saturated rings. The van der Waals surface area contributed by atoms with E-state index in [0.29, 0.717) is 36.4 Å². The van der Waals surface area contributed by atoms with Crippen LogP contribution in [-0.4, -0.2) is 47.0 Å².